The smallest absolute Gasteiger partial charge is 0.239 e. The first-order chi connectivity index (χ1) is 10.3. The molecule has 4 nitrogen and oxygen atoms in total. The first-order valence-electron chi connectivity index (χ1n) is 7.96. The van der Waals surface area contributed by atoms with E-state index in [0.29, 0.717) is 6.54 Å². The fourth-order valence-electron chi connectivity index (χ4n) is 2.13. The Balaban J connectivity index is 2.67. The van der Waals surface area contributed by atoms with Crippen LogP contribution in [0.1, 0.15) is 51.2 Å². The third kappa shape index (κ3) is 4.86. The standard InChI is InChI=1S/C18H28N2O2/c1-6-7-8-11-19-16(21)18(4,5)17(22)20-15-10-9-13(2)12-14(15)3/h9-10,12H,6-8,11H2,1-5H3,(H,19,21)(H,20,22). The van der Waals surface area contributed by atoms with Crippen LogP contribution in [0.25, 0.3) is 0 Å². The van der Waals surface area contributed by atoms with Crippen molar-refractivity contribution in [2.75, 3.05) is 11.9 Å². The zero-order chi connectivity index (χ0) is 16.8. The third-order valence-electron chi connectivity index (χ3n) is 3.83. The molecule has 0 saturated heterocycles. The Labute approximate surface area is 133 Å². The predicted octanol–water partition coefficient (Wildman–Crippen LogP) is 3.57. The molecule has 1 aromatic rings. The van der Waals surface area contributed by atoms with Gasteiger partial charge in [-0.05, 0) is 45.7 Å². The molecule has 4 heteroatoms. The molecule has 0 spiro atoms. The van der Waals surface area contributed by atoms with E-state index in [9.17, 15) is 9.59 Å². The molecule has 122 valence electrons. The van der Waals surface area contributed by atoms with Crippen molar-refractivity contribution >= 4 is 17.5 Å². The van der Waals surface area contributed by atoms with Gasteiger partial charge in [0, 0.05) is 12.2 Å². The maximum absolute atomic E-state index is 12.4. The van der Waals surface area contributed by atoms with Gasteiger partial charge in [-0.3, -0.25) is 9.59 Å². The molecule has 0 bridgehead atoms. The van der Waals surface area contributed by atoms with Crippen LogP contribution in [0.2, 0.25) is 0 Å². The van der Waals surface area contributed by atoms with Crippen molar-refractivity contribution < 1.29 is 9.59 Å². The lowest BCUT2D eigenvalue weighted by Gasteiger charge is -2.23. The lowest BCUT2D eigenvalue weighted by molar-refractivity contribution is -0.138. The second kappa shape index (κ2) is 7.97. The van der Waals surface area contributed by atoms with Crippen LogP contribution in [-0.2, 0) is 9.59 Å². The molecular formula is C18H28N2O2. The number of aryl methyl sites for hydroxylation is 2. The first kappa shape index (κ1) is 18.2. The summed E-state index contributed by atoms with van der Waals surface area (Å²) in [5.74, 6) is -0.515. The number of benzene rings is 1. The normalized spacial score (nSPS) is 11.1. The summed E-state index contributed by atoms with van der Waals surface area (Å²) >= 11 is 0. The summed E-state index contributed by atoms with van der Waals surface area (Å²) in [5.41, 5.74) is 1.79. The van der Waals surface area contributed by atoms with Crippen molar-refractivity contribution in [1.29, 1.82) is 0 Å². The molecule has 0 aliphatic carbocycles. The largest absolute Gasteiger partial charge is 0.355 e. The minimum absolute atomic E-state index is 0.231. The predicted molar refractivity (Wildman–Crippen MR) is 90.9 cm³/mol. The van der Waals surface area contributed by atoms with Gasteiger partial charge in [0.2, 0.25) is 11.8 Å². The van der Waals surface area contributed by atoms with Crippen molar-refractivity contribution in [2.24, 2.45) is 5.41 Å². The minimum atomic E-state index is -1.09. The summed E-state index contributed by atoms with van der Waals surface area (Å²) in [6, 6.07) is 5.83. The van der Waals surface area contributed by atoms with Crippen LogP contribution in [-0.4, -0.2) is 18.4 Å². The van der Waals surface area contributed by atoms with Crippen molar-refractivity contribution in [2.45, 2.75) is 53.9 Å². The number of amides is 2. The van der Waals surface area contributed by atoms with Crippen LogP contribution < -0.4 is 10.6 Å². The van der Waals surface area contributed by atoms with Crippen LogP contribution in [0, 0.1) is 19.3 Å². The van der Waals surface area contributed by atoms with Gasteiger partial charge in [-0.15, -0.1) is 0 Å². The molecule has 0 radical (unpaired) electrons. The number of nitrogens with one attached hydrogen (secondary N) is 2. The van der Waals surface area contributed by atoms with Gasteiger partial charge in [-0.25, -0.2) is 0 Å². The monoisotopic (exact) mass is 304 g/mol. The Morgan fingerprint density at radius 3 is 2.36 bits per heavy atom. The molecule has 1 aromatic carbocycles. The highest BCUT2D eigenvalue weighted by molar-refractivity contribution is 6.10. The Kier molecular flexibility index (Phi) is 6.60. The lowest BCUT2D eigenvalue weighted by Crippen LogP contribution is -2.45. The second-order valence-electron chi connectivity index (χ2n) is 6.36. The van der Waals surface area contributed by atoms with E-state index in [1.807, 2.05) is 32.0 Å². The number of carbonyl (C=O) groups is 2. The molecule has 0 atom stereocenters. The summed E-state index contributed by atoms with van der Waals surface area (Å²) in [6.45, 7) is 9.99. The van der Waals surface area contributed by atoms with E-state index >= 15 is 0 Å². The maximum atomic E-state index is 12.4. The second-order valence-corrected chi connectivity index (χ2v) is 6.36. The third-order valence-corrected chi connectivity index (χ3v) is 3.83. The molecule has 0 heterocycles. The van der Waals surface area contributed by atoms with Gasteiger partial charge in [0.25, 0.3) is 0 Å². The van der Waals surface area contributed by atoms with Crippen LogP contribution in [0.5, 0.6) is 0 Å². The topological polar surface area (TPSA) is 58.2 Å². The van der Waals surface area contributed by atoms with Gasteiger partial charge in [0.15, 0.2) is 0 Å². The number of rotatable bonds is 7. The van der Waals surface area contributed by atoms with E-state index in [0.717, 1.165) is 36.1 Å². The van der Waals surface area contributed by atoms with Crippen molar-refractivity contribution in [3.05, 3.63) is 29.3 Å². The van der Waals surface area contributed by atoms with Gasteiger partial charge in [-0.2, -0.15) is 0 Å². The van der Waals surface area contributed by atoms with Crippen molar-refractivity contribution in [3.8, 4) is 0 Å². The summed E-state index contributed by atoms with van der Waals surface area (Å²) < 4.78 is 0. The number of anilines is 1. The highest BCUT2D eigenvalue weighted by Crippen LogP contribution is 2.22. The summed E-state index contributed by atoms with van der Waals surface area (Å²) in [6.07, 6.45) is 3.12. The minimum Gasteiger partial charge on any atom is -0.355 e. The van der Waals surface area contributed by atoms with E-state index in [1.165, 1.54) is 0 Å². The molecule has 1 rings (SSSR count). The van der Waals surface area contributed by atoms with Crippen molar-refractivity contribution in [1.82, 2.24) is 5.32 Å². The zero-order valence-electron chi connectivity index (χ0n) is 14.4. The Hall–Kier alpha value is -1.84. The van der Waals surface area contributed by atoms with Crippen LogP contribution in [0.3, 0.4) is 0 Å². The van der Waals surface area contributed by atoms with E-state index in [-0.39, 0.29) is 11.8 Å². The molecule has 2 N–H and O–H groups in total. The molecule has 0 aromatic heterocycles. The van der Waals surface area contributed by atoms with Gasteiger partial charge in [0.1, 0.15) is 5.41 Å². The number of unbranched alkanes of at least 4 members (excludes halogenated alkanes) is 2. The van der Waals surface area contributed by atoms with Gasteiger partial charge < -0.3 is 10.6 Å². The molecule has 0 aliphatic rings. The molecule has 2 amide bonds. The van der Waals surface area contributed by atoms with Crippen LogP contribution in [0.15, 0.2) is 18.2 Å². The molecule has 0 aliphatic heterocycles. The molecule has 0 fully saturated rings. The SMILES string of the molecule is CCCCCNC(=O)C(C)(C)C(=O)Nc1ccc(C)cc1C. The molecule has 0 saturated carbocycles. The Bertz CT molecular complexity index is 536. The quantitative estimate of drug-likeness (QED) is 0.597. The van der Waals surface area contributed by atoms with E-state index in [1.54, 1.807) is 13.8 Å². The molecule has 0 unspecified atom stereocenters. The number of carbonyl (C=O) groups excluding carboxylic acids is 2. The Morgan fingerprint density at radius 1 is 1.09 bits per heavy atom. The zero-order valence-corrected chi connectivity index (χ0v) is 14.4. The van der Waals surface area contributed by atoms with E-state index in [4.69, 9.17) is 0 Å². The summed E-state index contributed by atoms with van der Waals surface area (Å²) in [5, 5.41) is 5.71. The van der Waals surface area contributed by atoms with Crippen LogP contribution in [0.4, 0.5) is 5.69 Å². The maximum Gasteiger partial charge on any atom is 0.239 e. The number of hydrogen-bond acceptors (Lipinski definition) is 2. The van der Waals surface area contributed by atoms with Gasteiger partial charge >= 0.3 is 0 Å². The highest BCUT2D eigenvalue weighted by atomic mass is 16.2. The molecule has 22 heavy (non-hydrogen) atoms. The molecular weight excluding hydrogens is 276 g/mol. The first-order valence-corrected chi connectivity index (χ1v) is 7.96. The van der Waals surface area contributed by atoms with Gasteiger partial charge in [-0.1, -0.05) is 37.5 Å². The Morgan fingerprint density at radius 2 is 1.77 bits per heavy atom. The van der Waals surface area contributed by atoms with Gasteiger partial charge in [0.05, 0.1) is 0 Å². The fourth-order valence-corrected chi connectivity index (χ4v) is 2.13. The van der Waals surface area contributed by atoms with Crippen LogP contribution >= 0.6 is 0 Å². The van der Waals surface area contributed by atoms with E-state index < -0.39 is 5.41 Å². The average Bonchev–Trinajstić information content (AvgIpc) is 2.46. The highest BCUT2D eigenvalue weighted by Gasteiger charge is 2.35. The lowest BCUT2D eigenvalue weighted by atomic mass is 9.90. The van der Waals surface area contributed by atoms with Crippen molar-refractivity contribution in [3.63, 3.8) is 0 Å². The average molecular weight is 304 g/mol. The summed E-state index contributed by atoms with van der Waals surface area (Å²) in [4.78, 5) is 24.7. The van der Waals surface area contributed by atoms with E-state index in [2.05, 4.69) is 17.6 Å². The number of hydrogen-bond donors (Lipinski definition) is 2. The fraction of sp³-hybridized carbons (Fsp3) is 0.556. The summed E-state index contributed by atoms with van der Waals surface area (Å²) in [7, 11) is 0.